The van der Waals surface area contributed by atoms with Gasteiger partial charge in [-0.2, -0.15) is 0 Å². The summed E-state index contributed by atoms with van der Waals surface area (Å²) in [4.78, 5) is 14.4. The molecule has 3 aromatic rings. The van der Waals surface area contributed by atoms with Gasteiger partial charge in [0.25, 0.3) is 5.91 Å². The quantitative estimate of drug-likeness (QED) is 0.760. The number of hydrogen-bond donors (Lipinski definition) is 2. The molecule has 26 heavy (non-hydrogen) atoms. The first-order chi connectivity index (χ1) is 12.6. The van der Waals surface area contributed by atoms with Crippen LogP contribution in [-0.2, 0) is 6.42 Å². The lowest BCUT2D eigenvalue weighted by Gasteiger charge is -2.29. The number of anilines is 1. The zero-order valence-corrected chi connectivity index (χ0v) is 14.9. The lowest BCUT2D eigenvalue weighted by molar-refractivity contribution is 0.0975. The Morgan fingerprint density at radius 2 is 1.92 bits per heavy atom. The fourth-order valence-electron chi connectivity index (χ4n) is 3.69. The Bertz CT molecular complexity index is 941. The van der Waals surface area contributed by atoms with Crippen molar-refractivity contribution in [3.05, 3.63) is 64.9 Å². The van der Waals surface area contributed by atoms with Gasteiger partial charge in [-0.15, -0.1) is 0 Å². The number of aryl methyl sites for hydroxylation is 1. The molecule has 1 aliphatic heterocycles. The van der Waals surface area contributed by atoms with Crippen LogP contribution in [0.25, 0.3) is 11.0 Å². The molecule has 134 valence electrons. The van der Waals surface area contributed by atoms with Crippen LogP contribution in [0.4, 0.5) is 5.69 Å². The monoisotopic (exact) mass is 349 g/mol. The van der Waals surface area contributed by atoms with E-state index in [0.29, 0.717) is 6.42 Å². The van der Waals surface area contributed by atoms with E-state index in [1.54, 1.807) is 0 Å². The van der Waals surface area contributed by atoms with Crippen LogP contribution < -0.4 is 16.0 Å². The molecule has 1 aromatic heterocycles. The molecule has 0 bridgehead atoms. The van der Waals surface area contributed by atoms with Crippen molar-refractivity contribution < 1.29 is 9.21 Å². The van der Waals surface area contributed by atoms with Gasteiger partial charge in [0.1, 0.15) is 0 Å². The standard InChI is InChI=1S/C21H23N3O2/c1-14-11-16-17(13-15-5-3-2-4-6-15)20(21(22)25)26-19(16)18(12-14)24-9-7-23-8-10-24/h2-6,11-12,23H,7-10,13H2,1H3,(H2,22,25). The largest absolute Gasteiger partial charge is 0.448 e. The van der Waals surface area contributed by atoms with Gasteiger partial charge in [-0.1, -0.05) is 30.3 Å². The molecule has 5 heteroatoms. The minimum atomic E-state index is -0.518. The number of furan rings is 1. The van der Waals surface area contributed by atoms with Crippen LogP contribution in [0, 0.1) is 6.92 Å². The SMILES string of the molecule is Cc1cc(N2CCNCC2)c2oc(C(N)=O)c(Cc3ccccc3)c2c1. The fraction of sp³-hybridized carbons (Fsp3) is 0.286. The Morgan fingerprint density at radius 3 is 2.62 bits per heavy atom. The predicted molar refractivity (Wildman–Crippen MR) is 104 cm³/mol. The summed E-state index contributed by atoms with van der Waals surface area (Å²) in [6, 6.07) is 14.3. The molecule has 0 atom stereocenters. The van der Waals surface area contributed by atoms with Crippen LogP contribution in [-0.4, -0.2) is 32.1 Å². The number of hydrogen-bond acceptors (Lipinski definition) is 4. The first-order valence-corrected chi connectivity index (χ1v) is 8.99. The molecule has 0 radical (unpaired) electrons. The van der Waals surface area contributed by atoms with Gasteiger partial charge < -0.3 is 20.4 Å². The van der Waals surface area contributed by atoms with Crippen molar-refractivity contribution in [1.29, 1.82) is 0 Å². The number of carbonyl (C=O) groups is 1. The average Bonchev–Trinajstić information content (AvgIpc) is 3.01. The summed E-state index contributed by atoms with van der Waals surface area (Å²) in [6.45, 7) is 5.79. The lowest BCUT2D eigenvalue weighted by Crippen LogP contribution is -2.43. The fourth-order valence-corrected chi connectivity index (χ4v) is 3.69. The van der Waals surface area contributed by atoms with Crippen LogP contribution in [0.5, 0.6) is 0 Å². The molecule has 1 amide bonds. The number of benzene rings is 2. The minimum Gasteiger partial charge on any atom is -0.448 e. The number of nitrogens with two attached hydrogens (primary N) is 1. The van der Waals surface area contributed by atoms with Crippen LogP contribution in [0.3, 0.4) is 0 Å². The molecular formula is C21H23N3O2. The van der Waals surface area contributed by atoms with E-state index < -0.39 is 5.91 Å². The topological polar surface area (TPSA) is 71.5 Å². The van der Waals surface area contributed by atoms with Gasteiger partial charge >= 0.3 is 0 Å². The Labute approximate surface area is 152 Å². The van der Waals surface area contributed by atoms with Crippen molar-refractivity contribution in [1.82, 2.24) is 5.32 Å². The zero-order chi connectivity index (χ0) is 18.1. The maximum absolute atomic E-state index is 12.1. The summed E-state index contributed by atoms with van der Waals surface area (Å²) < 4.78 is 6.04. The average molecular weight is 349 g/mol. The third kappa shape index (κ3) is 3.06. The van der Waals surface area contributed by atoms with Crippen molar-refractivity contribution in [2.24, 2.45) is 5.73 Å². The smallest absolute Gasteiger partial charge is 0.284 e. The van der Waals surface area contributed by atoms with E-state index in [2.05, 4.69) is 41.4 Å². The van der Waals surface area contributed by atoms with Crippen LogP contribution >= 0.6 is 0 Å². The first kappa shape index (κ1) is 16.7. The number of nitrogens with one attached hydrogen (secondary N) is 1. The highest BCUT2D eigenvalue weighted by Crippen LogP contribution is 2.36. The van der Waals surface area contributed by atoms with Gasteiger partial charge in [0, 0.05) is 43.5 Å². The number of rotatable bonds is 4. The summed E-state index contributed by atoms with van der Waals surface area (Å²) >= 11 is 0. The molecule has 2 heterocycles. The third-order valence-corrected chi connectivity index (χ3v) is 4.92. The molecule has 1 aliphatic rings. The maximum atomic E-state index is 12.1. The maximum Gasteiger partial charge on any atom is 0.284 e. The van der Waals surface area contributed by atoms with E-state index in [1.165, 1.54) is 0 Å². The molecule has 1 fully saturated rings. The normalized spacial score (nSPS) is 14.7. The second-order valence-electron chi connectivity index (χ2n) is 6.83. The molecule has 3 N–H and O–H groups in total. The Balaban J connectivity index is 1.88. The third-order valence-electron chi connectivity index (χ3n) is 4.92. The number of carbonyl (C=O) groups excluding carboxylic acids is 1. The Hall–Kier alpha value is -2.79. The van der Waals surface area contributed by atoms with E-state index in [-0.39, 0.29) is 5.76 Å². The number of primary amides is 1. The van der Waals surface area contributed by atoms with Crippen LogP contribution in [0.1, 0.15) is 27.2 Å². The van der Waals surface area contributed by atoms with Gasteiger partial charge in [0.2, 0.25) is 0 Å². The van der Waals surface area contributed by atoms with E-state index in [0.717, 1.165) is 59.5 Å². The summed E-state index contributed by atoms with van der Waals surface area (Å²) in [5.41, 5.74) is 10.6. The van der Waals surface area contributed by atoms with Crippen LogP contribution in [0.15, 0.2) is 46.9 Å². The predicted octanol–water partition coefficient (Wildman–Crippen LogP) is 2.84. The highest BCUT2D eigenvalue weighted by molar-refractivity contribution is 6.02. The number of amides is 1. The van der Waals surface area contributed by atoms with Crippen molar-refractivity contribution in [3.63, 3.8) is 0 Å². The molecule has 0 saturated carbocycles. The number of nitrogens with zero attached hydrogens (tertiary/aromatic N) is 1. The van der Waals surface area contributed by atoms with Gasteiger partial charge in [-0.25, -0.2) is 0 Å². The molecule has 2 aromatic carbocycles. The lowest BCUT2D eigenvalue weighted by atomic mass is 9.99. The second kappa shape index (κ2) is 6.84. The number of piperazine rings is 1. The van der Waals surface area contributed by atoms with Crippen LogP contribution in [0.2, 0.25) is 0 Å². The first-order valence-electron chi connectivity index (χ1n) is 8.99. The molecule has 5 nitrogen and oxygen atoms in total. The van der Waals surface area contributed by atoms with Crippen molar-refractivity contribution in [3.8, 4) is 0 Å². The van der Waals surface area contributed by atoms with Gasteiger partial charge in [0.15, 0.2) is 11.3 Å². The van der Waals surface area contributed by atoms with E-state index in [1.807, 2.05) is 18.2 Å². The van der Waals surface area contributed by atoms with E-state index in [9.17, 15) is 4.79 Å². The highest BCUT2D eigenvalue weighted by atomic mass is 16.3. The summed E-state index contributed by atoms with van der Waals surface area (Å²) in [5, 5.41) is 4.35. The van der Waals surface area contributed by atoms with Gasteiger partial charge in [0.05, 0.1) is 5.69 Å². The van der Waals surface area contributed by atoms with Gasteiger partial charge in [-0.05, 0) is 30.2 Å². The summed E-state index contributed by atoms with van der Waals surface area (Å²) in [6.07, 6.45) is 0.622. The van der Waals surface area contributed by atoms with E-state index in [4.69, 9.17) is 10.2 Å². The molecule has 0 unspecified atom stereocenters. The second-order valence-corrected chi connectivity index (χ2v) is 6.83. The molecular weight excluding hydrogens is 326 g/mol. The summed E-state index contributed by atoms with van der Waals surface area (Å²) in [7, 11) is 0. The summed E-state index contributed by atoms with van der Waals surface area (Å²) in [5.74, 6) is -0.248. The van der Waals surface area contributed by atoms with Crippen molar-refractivity contribution in [2.75, 3.05) is 31.1 Å². The molecule has 1 saturated heterocycles. The highest BCUT2D eigenvalue weighted by Gasteiger charge is 2.23. The number of fused-ring (bicyclic) bond motifs is 1. The van der Waals surface area contributed by atoms with E-state index >= 15 is 0 Å². The van der Waals surface area contributed by atoms with Gasteiger partial charge in [-0.3, -0.25) is 4.79 Å². The minimum absolute atomic E-state index is 0.269. The molecule has 0 aliphatic carbocycles. The molecule has 4 rings (SSSR count). The van der Waals surface area contributed by atoms with Crippen molar-refractivity contribution in [2.45, 2.75) is 13.3 Å². The molecule has 0 spiro atoms. The Kier molecular flexibility index (Phi) is 4.39. The Morgan fingerprint density at radius 1 is 1.19 bits per heavy atom. The van der Waals surface area contributed by atoms with Crippen molar-refractivity contribution >= 4 is 22.6 Å². The zero-order valence-electron chi connectivity index (χ0n) is 14.9.